The third-order valence-corrected chi connectivity index (χ3v) is 6.66. The minimum Gasteiger partial charge on any atom is -0.497 e. The van der Waals surface area contributed by atoms with E-state index in [0.29, 0.717) is 40.6 Å². The third kappa shape index (κ3) is 4.62. The number of halogens is 1. The molecule has 5 rings (SSSR count). The average Bonchev–Trinajstić information content (AvgIpc) is 3.28. The van der Waals surface area contributed by atoms with Crippen molar-refractivity contribution in [1.82, 2.24) is 4.90 Å². The van der Waals surface area contributed by atoms with Gasteiger partial charge in [-0.05, 0) is 47.9 Å². The maximum absolute atomic E-state index is 13.8. The zero-order chi connectivity index (χ0) is 25.2. The second-order valence-corrected chi connectivity index (χ2v) is 9.04. The summed E-state index contributed by atoms with van der Waals surface area (Å²) in [4.78, 5) is 26.8. The van der Waals surface area contributed by atoms with Gasteiger partial charge in [-0.1, -0.05) is 35.9 Å². The van der Waals surface area contributed by atoms with Gasteiger partial charge in [-0.15, -0.1) is 0 Å². The van der Waals surface area contributed by atoms with E-state index in [0.717, 1.165) is 22.1 Å². The fourth-order valence-corrected chi connectivity index (χ4v) is 4.95. The monoisotopic (exact) mass is 505 g/mol. The molecule has 1 aliphatic heterocycles. The number of rotatable bonds is 7. The van der Waals surface area contributed by atoms with Crippen molar-refractivity contribution in [1.29, 1.82) is 0 Å². The van der Waals surface area contributed by atoms with Crippen LogP contribution in [0.2, 0.25) is 5.02 Å². The molecule has 8 heteroatoms. The Morgan fingerprint density at radius 3 is 2.75 bits per heavy atom. The lowest BCUT2D eigenvalue weighted by molar-refractivity contribution is -0.139. The van der Waals surface area contributed by atoms with Crippen molar-refractivity contribution in [2.24, 2.45) is 0 Å². The minimum absolute atomic E-state index is 0.0859. The fraction of sp³-hybridized carbons (Fsp3) is 0.214. The molecule has 1 unspecified atom stereocenters. The highest BCUT2D eigenvalue weighted by atomic mass is 35.5. The first-order chi connectivity index (χ1) is 17.4. The van der Waals surface area contributed by atoms with Gasteiger partial charge in [-0.3, -0.25) is 4.79 Å². The Labute approximate surface area is 212 Å². The lowest BCUT2D eigenvalue weighted by atomic mass is 9.87. The van der Waals surface area contributed by atoms with Crippen molar-refractivity contribution in [3.05, 3.63) is 94.2 Å². The van der Waals surface area contributed by atoms with Gasteiger partial charge >= 0.3 is 5.97 Å². The summed E-state index contributed by atoms with van der Waals surface area (Å²) < 4.78 is 16.6. The topological polar surface area (TPSA) is 89.2 Å². The number of fused-ring (bicyclic) bond motifs is 2. The van der Waals surface area contributed by atoms with Gasteiger partial charge < -0.3 is 23.9 Å². The highest BCUT2D eigenvalue weighted by molar-refractivity contribution is 6.30. The van der Waals surface area contributed by atoms with Crippen LogP contribution in [0.5, 0.6) is 11.5 Å². The van der Waals surface area contributed by atoms with Crippen molar-refractivity contribution in [3.63, 3.8) is 0 Å². The van der Waals surface area contributed by atoms with E-state index in [-0.39, 0.29) is 12.3 Å². The van der Waals surface area contributed by atoms with Crippen LogP contribution in [0.25, 0.3) is 11.0 Å². The Balaban J connectivity index is 1.53. The second kappa shape index (κ2) is 9.95. The molecule has 1 N–H and O–H groups in total. The Kier molecular flexibility index (Phi) is 6.57. The Morgan fingerprint density at radius 1 is 1.11 bits per heavy atom. The Hall–Kier alpha value is -3.97. The van der Waals surface area contributed by atoms with Gasteiger partial charge in [-0.25, -0.2) is 4.79 Å². The first-order valence-corrected chi connectivity index (χ1v) is 11.9. The molecule has 1 amide bonds. The lowest BCUT2D eigenvalue weighted by Crippen LogP contribution is -2.41. The number of hydrogen-bond donors (Lipinski definition) is 1. The van der Waals surface area contributed by atoms with Gasteiger partial charge in [0.1, 0.15) is 17.1 Å². The molecule has 0 saturated carbocycles. The number of furan rings is 1. The number of amides is 1. The summed E-state index contributed by atoms with van der Waals surface area (Å²) in [5, 5.41) is 10.5. The molecule has 0 bridgehead atoms. The summed E-state index contributed by atoms with van der Waals surface area (Å²) in [6, 6.07) is 18.0. The van der Waals surface area contributed by atoms with E-state index in [1.165, 1.54) is 0 Å². The highest BCUT2D eigenvalue weighted by Gasteiger charge is 2.34. The van der Waals surface area contributed by atoms with E-state index in [9.17, 15) is 9.59 Å². The van der Waals surface area contributed by atoms with E-state index < -0.39 is 18.6 Å². The van der Waals surface area contributed by atoms with Crippen molar-refractivity contribution in [2.75, 3.05) is 20.3 Å². The number of aliphatic carboxylic acids is 1. The smallest absolute Gasteiger partial charge is 0.341 e. The molecule has 36 heavy (non-hydrogen) atoms. The fourth-order valence-electron chi connectivity index (χ4n) is 4.77. The van der Waals surface area contributed by atoms with Crippen LogP contribution in [0.15, 0.2) is 71.3 Å². The summed E-state index contributed by atoms with van der Waals surface area (Å²) in [6.45, 7) is -0.00355. The lowest BCUT2D eigenvalue weighted by Gasteiger charge is -2.38. The molecule has 0 saturated heterocycles. The Bertz CT molecular complexity index is 1450. The molecule has 184 valence electrons. The minimum atomic E-state index is -1.09. The molecule has 0 aliphatic carbocycles. The van der Waals surface area contributed by atoms with E-state index in [4.69, 9.17) is 30.6 Å². The predicted molar refractivity (Wildman–Crippen MR) is 135 cm³/mol. The van der Waals surface area contributed by atoms with Crippen molar-refractivity contribution >= 4 is 34.4 Å². The SMILES string of the molecule is COc1ccc2c(CC(=O)N3CCc4ccccc4C3c3cc(Cl)ccc3OCC(=O)O)coc2c1. The van der Waals surface area contributed by atoms with Crippen LogP contribution in [0, 0.1) is 0 Å². The Morgan fingerprint density at radius 2 is 1.94 bits per heavy atom. The quantitative estimate of drug-likeness (QED) is 0.368. The molecule has 3 aromatic carbocycles. The van der Waals surface area contributed by atoms with Crippen LogP contribution >= 0.6 is 11.6 Å². The molecule has 2 heterocycles. The summed E-state index contributed by atoms with van der Waals surface area (Å²) >= 11 is 6.36. The van der Waals surface area contributed by atoms with Crippen LogP contribution in [0.4, 0.5) is 0 Å². The summed E-state index contributed by atoms with van der Waals surface area (Å²) in [5.74, 6) is -0.118. The van der Waals surface area contributed by atoms with Gasteiger partial charge in [0.2, 0.25) is 5.91 Å². The van der Waals surface area contributed by atoms with Crippen LogP contribution in [-0.4, -0.2) is 42.1 Å². The van der Waals surface area contributed by atoms with Gasteiger partial charge in [0.05, 0.1) is 25.8 Å². The first-order valence-electron chi connectivity index (χ1n) is 11.5. The predicted octanol–water partition coefficient (Wildman–Crippen LogP) is 5.28. The molecule has 1 aliphatic rings. The number of nitrogens with zero attached hydrogens (tertiary/aromatic N) is 1. The number of carboxylic acids is 1. The molecule has 0 radical (unpaired) electrons. The van der Waals surface area contributed by atoms with Crippen molar-refractivity contribution in [2.45, 2.75) is 18.9 Å². The molecular weight excluding hydrogens is 482 g/mol. The third-order valence-electron chi connectivity index (χ3n) is 6.43. The maximum Gasteiger partial charge on any atom is 0.341 e. The van der Waals surface area contributed by atoms with Gasteiger partial charge in [0.15, 0.2) is 6.61 Å². The number of benzene rings is 3. The molecule has 4 aromatic rings. The molecular formula is C28H24ClNO6. The van der Waals surface area contributed by atoms with Crippen molar-refractivity contribution < 1.29 is 28.6 Å². The van der Waals surface area contributed by atoms with Crippen LogP contribution in [0.3, 0.4) is 0 Å². The van der Waals surface area contributed by atoms with Crippen molar-refractivity contribution in [3.8, 4) is 11.5 Å². The maximum atomic E-state index is 13.8. The first kappa shape index (κ1) is 23.8. The van der Waals surface area contributed by atoms with E-state index in [1.807, 2.05) is 41.3 Å². The van der Waals surface area contributed by atoms with E-state index in [2.05, 4.69) is 0 Å². The highest BCUT2D eigenvalue weighted by Crippen LogP contribution is 2.41. The molecule has 0 spiro atoms. The summed E-state index contributed by atoms with van der Waals surface area (Å²) in [7, 11) is 1.59. The molecule has 7 nitrogen and oxygen atoms in total. The van der Waals surface area contributed by atoms with Gasteiger partial charge in [-0.2, -0.15) is 0 Å². The van der Waals surface area contributed by atoms with Crippen LogP contribution in [-0.2, 0) is 22.4 Å². The zero-order valence-corrected chi connectivity index (χ0v) is 20.3. The molecule has 1 aromatic heterocycles. The number of hydrogen-bond acceptors (Lipinski definition) is 5. The number of carbonyl (C=O) groups is 2. The van der Waals surface area contributed by atoms with Gasteiger partial charge in [0, 0.05) is 34.1 Å². The standard InChI is InChI=1S/C28H24ClNO6/c1-34-20-7-8-21-18(15-35-25(21)14-20)12-26(31)30-11-10-17-4-2-3-5-22(17)28(30)23-13-19(29)6-9-24(23)36-16-27(32)33/h2-9,13-15,28H,10-12,16H2,1H3,(H,32,33). The number of carbonyl (C=O) groups excluding carboxylic acids is 1. The van der Waals surface area contributed by atoms with Crippen LogP contribution < -0.4 is 9.47 Å². The van der Waals surface area contributed by atoms with Crippen LogP contribution in [0.1, 0.15) is 28.3 Å². The van der Waals surface area contributed by atoms with Gasteiger partial charge in [0.25, 0.3) is 0 Å². The number of carboxylic acid groups (broad SMARTS) is 1. The number of ether oxygens (including phenoxy) is 2. The normalized spacial score (nSPS) is 14.9. The molecule has 1 atom stereocenters. The molecule has 0 fully saturated rings. The largest absolute Gasteiger partial charge is 0.497 e. The number of methoxy groups -OCH3 is 1. The average molecular weight is 506 g/mol. The summed E-state index contributed by atoms with van der Waals surface area (Å²) in [5.41, 5.74) is 4.16. The second-order valence-electron chi connectivity index (χ2n) is 8.60. The van der Waals surface area contributed by atoms with E-state index in [1.54, 1.807) is 37.6 Å². The zero-order valence-electron chi connectivity index (χ0n) is 19.6. The summed E-state index contributed by atoms with van der Waals surface area (Å²) in [6.07, 6.45) is 2.45. The van der Waals surface area contributed by atoms with E-state index >= 15 is 0 Å².